The predicted molar refractivity (Wildman–Crippen MR) is 48.7 cm³/mol. The zero-order valence-corrected chi connectivity index (χ0v) is 7.73. The van der Waals surface area contributed by atoms with Crippen LogP contribution in [0.1, 0.15) is 5.56 Å². The highest BCUT2D eigenvalue weighted by Crippen LogP contribution is 2.11. The van der Waals surface area contributed by atoms with Crippen LogP contribution in [0, 0.1) is 0 Å². The van der Waals surface area contributed by atoms with Crippen LogP contribution in [0.3, 0.4) is 0 Å². The standard InChI is InChI=1S/C9H12FN3O/c10-8-5-13(6-8)2-1-7-3-11-9(14)12-4-7/h3-4,8H,1-2,5-6H2,(H,11,12,14). The maximum Gasteiger partial charge on any atom is 0.313 e. The maximum absolute atomic E-state index is 12.4. The Morgan fingerprint density at radius 3 is 2.64 bits per heavy atom. The molecular weight excluding hydrogens is 185 g/mol. The van der Waals surface area contributed by atoms with E-state index in [9.17, 15) is 4.39 Å². The van der Waals surface area contributed by atoms with Crippen molar-refractivity contribution in [1.82, 2.24) is 14.9 Å². The van der Waals surface area contributed by atoms with Crippen molar-refractivity contribution in [3.8, 4) is 6.01 Å². The summed E-state index contributed by atoms with van der Waals surface area (Å²) in [5, 5.41) is 8.84. The van der Waals surface area contributed by atoms with Crippen LogP contribution in [0.4, 0.5) is 4.39 Å². The second-order valence-corrected chi connectivity index (χ2v) is 3.50. The summed E-state index contributed by atoms with van der Waals surface area (Å²) < 4.78 is 12.4. The van der Waals surface area contributed by atoms with Crippen LogP contribution in [0.2, 0.25) is 0 Å². The molecule has 0 amide bonds. The molecule has 0 saturated carbocycles. The van der Waals surface area contributed by atoms with Crippen molar-refractivity contribution in [3.05, 3.63) is 18.0 Å². The van der Waals surface area contributed by atoms with Crippen molar-refractivity contribution in [2.75, 3.05) is 19.6 Å². The lowest BCUT2D eigenvalue weighted by Gasteiger charge is -2.34. The minimum absolute atomic E-state index is 0.207. The Morgan fingerprint density at radius 1 is 1.43 bits per heavy atom. The van der Waals surface area contributed by atoms with Gasteiger partial charge < -0.3 is 5.11 Å². The third-order valence-electron chi connectivity index (χ3n) is 2.32. The molecule has 1 saturated heterocycles. The van der Waals surface area contributed by atoms with Gasteiger partial charge in [-0.05, 0) is 12.0 Å². The number of aromatic nitrogens is 2. The lowest BCUT2D eigenvalue weighted by atomic mass is 10.1. The van der Waals surface area contributed by atoms with Crippen LogP contribution < -0.4 is 0 Å². The smallest absolute Gasteiger partial charge is 0.313 e. The molecule has 2 rings (SSSR count). The number of nitrogens with zero attached hydrogens (tertiary/aromatic N) is 3. The molecule has 1 N–H and O–H groups in total. The molecule has 0 unspecified atom stereocenters. The molecule has 0 bridgehead atoms. The van der Waals surface area contributed by atoms with E-state index in [1.54, 1.807) is 12.4 Å². The third-order valence-corrected chi connectivity index (χ3v) is 2.32. The van der Waals surface area contributed by atoms with Crippen LogP contribution in [0.15, 0.2) is 12.4 Å². The summed E-state index contributed by atoms with van der Waals surface area (Å²) in [6, 6.07) is -0.207. The fraction of sp³-hybridized carbons (Fsp3) is 0.556. The molecule has 14 heavy (non-hydrogen) atoms. The SMILES string of the molecule is Oc1ncc(CCN2CC(F)C2)cn1. The molecule has 0 atom stereocenters. The van der Waals surface area contributed by atoms with E-state index in [0.29, 0.717) is 13.1 Å². The molecule has 1 aromatic rings. The van der Waals surface area contributed by atoms with Crippen molar-refractivity contribution >= 4 is 0 Å². The van der Waals surface area contributed by atoms with Crippen LogP contribution in [0.25, 0.3) is 0 Å². The summed E-state index contributed by atoms with van der Waals surface area (Å²) in [5.41, 5.74) is 0.963. The number of likely N-dealkylation sites (tertiary alicyclic amines) is 1. The third kappa shape index (κ3) is 2.17. The van der Waals surface area contributed by atoms with Crippen LogP contribution >= 0.6 is 0 Å². The summed E-state index contributed by atoms with van der Waals surface area (Å²) in [4.78, 5) is 9.37. The Labute approximate surface area is 81.4 Å². The van der Waals surface area contributed by atoms with Gasteiger partial charge in [0.05, 0.1) is 0 Å². The first-order chi connectivity index (χ1) is 6.74. The summed E-state index contributed by atoms with van der Waals surface area (Å²) in [5.74, 6) is 0. The van der Waals surface area contributed by atoms with Gasteiger partial charge in [0.25, 0.3) is 0 Å². The summed E-state index contributed by atoms with van der Waals surface area (Å²) in [6.07, 6.45) is 3.34. The lowest BCUT2D eigenvalue weighted by Crippen LogP contribution is -2.48. The molecule has 1 aromatic heterocycles. The van der Waals surface area contributed by atoms with E-state index in [4.69, 9.17) is 5.11 Å². The molecule has 76 valence electrons. The highest BCUT2D eigenvalue weighted by atomic mass is 19.1. The average molecular weight is 197 g/mol. The first-order valence-corrected chi connectivity index (χ1v) is 4.60. The van der Waals surface area contributed by atoms with Crippen molar-refractivity contribution in [1.29, 1.82) is 0 Å². The molecule has 1 fully saturated rings. The van der Waals surface area contributed by atoms with E-state index < -0.39 is 6.17 Å². The van der Waals surface area contributed by atoms with Gasteiger partial charge in [-0.1, -0.05) is 0 Å². The highest BCUT2D eigenvalue weighted by Gasteiger charge is 2.25. The predicted octanol–water partition coefficient (Wildman–Crippen LogP) is 0.378. The van der Waals surface area contributed by atoms with E-state index in [-0.39, 0.29) is 6.01 Å². The first kappa shape index (κ1) is 9.33. The van der Waals surface area contributed by atoms with Crippen LogP contribution in [-0.4, -0.2) is 45.8 Å². The van der Waals surface area contributed by atoms with Gasteiger partial charge >= 0.3 is 6.01 Å². The zero-order chi connectivity index (χ0) is 9.97. The van der Waals surface area contributed by atoms with Crippen LogP contribution in [-0.2, 0) is 6.42 Å². The van der Waals surface area contributed by atoms with Crippen molar-refractivity contribution in [2.24, 2.45) is 0 Å². The van der Waals surface area contributed by atoms with Gasteiger partial charge in [-0.25, -0.2) is 14.4 Å². The summed E-state index contributed by atoms with van der Waals surface area (Å²) in [7, 11) is 0. The molecule has 1 aliphatic rings. The number of halogens is 1. The Bertz CT molecular complexity index is 297. The second-order valence-electron chi connectivity index (χ2n) is 3.50. The van der Waals surface area contributed by atoms with E-state index >= 15 is 0 Å². The summed E-state index contributed by atoms with van der Waals surface area (Å²) >= 11 is 0. The molecule has 5 heteroatoms. The van der Waals surface area contributed by atoms with Crippen molar-refractivity contribution in [2.45, 2.75) is 12.6 Å². The normalized spacial score (nSPS) is 18.1. The van der Waals surface area contributed by atoms with E-state index in [2.05, 4.69) is 9.97 Å². The largest absolute Gasteiger partial charge is 0.479 e. The van der Waals surface area contributed by atoms with Crippen LogP contribution in [0.5, 0.6) is 6.01 Å². The minimum atomic E-state index is -0.647. The van der Waals surface area contributed by atoms with Gasteiger partial charge in [0.1, 0.15) is 6.17 Å². The fourth-order valence-corrected chi connectivity index (χ4v) is 1.45. The molecule has 0 spiro atoms. The first-order valence-electron chi connectivity index (χ1n) is 4.60. The van der Waals surface area contributed by atoms with Gasteiger partial charge in [0.2, 0.25) is 0 Å². The minimum Gasteiger partial charge on any atom is -0.479 e. The Balaban J connectivity index is 1.78. The molecule has 0 radical (unpaired) electrons. The number of aromatic hydroxyl groups is 1. The monoisotopic (exact) mass is 197 g/mol. The van der Waals surface area contributed by atoms with E-state index in [0.717, 1.165) is 18.5 Å². The van der Waals surface area contributed by atoms with E-state index in [1.807, 2.05) is 4.90 Å². The Morgan fingerprint density at radius 2 is 2.07 bits per heavy atom. The summed E-state index contributed by atoms with van der Waals surface area (Å²) in [6.45, 7) is 1.91. The average Bonchev–Trinajstić information content (AvgIpc) is 2.13. The number of alkyl halides is 1. The van der Waals surface area contributed by atoms with Crippen molar-refractivity contribution < 1.29 is 9.50 Å². The topological polar surface area (TPSA) is 49.3 Å². The van der Waals surface area contributed by atoms with Gasteiger partial charge in [0.15, 0.2) is 0 Å². The number of hydrogen-bond donors (Lipinski definition) is 1. The number of rotatable bonds is 3. The molecule has 0 aromatic carbocycles. The van der Waals surface area contributed by atoms with Gasteiger partial charge in [-0.2, -0.15) is 0 Å². The van der Waals surface area contributed by atoms with Gasteiger partial charge in [-0.15, -0.1) is 0 Å². The van der Waals surface area contributed by atoms with E-state index in [1.165, 1.54) is 0 Å². The molecule has 2 heterocycles. The molecule has 0 aliphatic carbocycles. The molecule has 1 aliphatic heterocycles. The Hall–Kier alpha value is -1.23. The lowest BCUT2D eigenvalue weighted by molar-refractivity contribution is 0.0670. The second kappa shape index (κ2) is 3.88. The van der Waals surface area contributed by atoms with Gasteiger partial charge in [0, 0.05) is 32.0 Å². The van der Waals surface area contributed by atoms with Crippen molar-refractivity contribution in [3.63, 3.8) is 0 Å². The molecule has 4 nitrogen and oxygen atoms in total. The fourth-order valence-electron chi connectivity index (χ4n) is 1.45. The maximum atomic E-state index is 12.4. The van der Waals surface area contributed by atoms with Gasteiger partial charge in [-0.3, -0.25) is 4.90 Å². The molecular formula is C9H12FN3O. The zero-order valence-electron chi connectivity index (χ0n) is 7.73. The Kier molecular flexibility index (Phi) is 2.58. The quantitative estimate of drug-likeness (QED) is 0.761. The highest BCUT2D eigenvalue weighted by molar-refractivity contribution is 5.07. The number of hydrogen-bond acceptors (Lipinski definition) is 4.